The van der Waals surface area contributed by atoms with Crippen LogP contribution in [-0.4, -0.2) is 40.8 Å². The quantitative estimate of drug-likeness (QED) is 0.816. The van der Waals surface area contributed by atoms with Crippen LogP contribution in [0, 0.1) is 5.41 Å². The van der Waals surface area contributed by atoms with Gasteiger partial charge in [-0.1, -0.05) is 32.1 Å². The van der Waals surface area contributed by atoms with Gasteiger partial charge in [-0.05, 0) is 48.8 Å². The Hall–Kier alpha value is -1.88. The van der Waals surface area contributed by atoms with E-state index in [4.69, 9.17) is 4.74 Å². The Labute approximate surface area is 156 Å². The first-order chi connectivity index (χ1) is 12.5. The molecule has 0 N–H and O–H groups in total. The van der Waals surface area contributed by atoms with Crippen LogP contribution >= 0.6 is 0 Å². The average Bonchev–Trinajstić information content (AvgIpc) is 3.08. The summed E-state index contributed by atoms with van der Waals surface area (Å²) >= 11 is 0. The van der Waals surface area contributed by atoms with E-state index in [9.17, 15) is 0 Å². The third-order valence-corrected chi connectivity index (χ3v) is 5.55. The summed E-state index contributed by atoms with van der Waals surface area (Å²) in [6.45, 7) is 10.8. The molecule has 2 aliphatic heterocycles. The van der Waals surface area contributed by atoms with E-state index in [1.807, 2.05) is 4.68 Å². The van der Waals surface area contributed by atoms with Gasteiger partial charge in [0.05, 0.1) is 18.8 Å². The highest BCUT2D eigenvalue weighted by atomic mass is 16.5. The molecule has 2 aliphatic rings. The fourth-order valence-electron chi connectivity index (χ4n) is 4.16. The lowest BCUT2D eigenvalue weighted by Gasteiger charge is -2.47. The largest absolute Gasteiger partial charge is 0.376 e. The molecule has 2 saturated heterocycles. The van der Waals surface area contributed by atoms with Crippen molar-refractivity contribution in [3.05, 3.63) is 30.0 Å². The molecule has 0 radical (unpaired) electrons. The summed E-state index contributed by atoms with van der Waals surface area (Å²) in [4.78, 5) is 2.46. The predicted molar refractivity (Wildman–Crippen MR) is 104 cm³/mol. The van der Waals surface area contributed by atoms with Crippen molar-refractivity contribution in [1.29, 1.82) is 0 Å². The lowest BCUT2D eigenvalue weighted by atomic mass is 9.84. The van der Waals surface area contributed by atoms with Gasteiger partial charge in [-0.3, -0.25) is 0 Å². The summed E-state index contributed by atoms with van der Waals surface area (Å²) in [7, 11) is 0. The second-order valence-corrected chi connectivity index (χ2v) is 8.53. The smallest absolute Gasteiger partial charge is 0.113 e. The normalized spacial score (nSPS) is 22.3. The topological polar surface area (TPSA) is 43.2 Å². The monoisotopic (exact) mass is 354 g/mol. The molecule has 0 spiro atoms. The Morgan fingerprint density at radius 1 is 1.23 bits per heavy atom. The highest BCUT2D eigenvalue weighted by Gasteiger charge is 2.34. The maximum absolute atomic E-state index is 5.83. The Morgan fingerprint density at radius 2 is 2.08 bits per heavy atom. The van der Waals surface area contributed by atoms with Gasteiger partial charge in [-0.25, -0.2) is 4.68 Å². The van der Waals surface area contributed by atoms with Gasteiger partial charge in [0.15, 0.2) is 0 Å². The Bertz CT molecular complexity index is 753. The van der Waals surface area contributed by atoms with Gasteiger partial charge in [-0.2, -0.15) is 0 Å². The molecular weight excluding hydrogens is 324 g/mol. The van der Waals surface area contributed by atoms with Gasteiger partial charge < -0.3 is 9.64 Å². The number of aromatic nitrogens is 3. The molecule has 0 aliphatic carbocycles. The second-order valence-electron chi connectivity index (χ2n) is 8.53. The van der Waals surface area contributed by atoms with Crippen LogP contribution in [0.25, 0.3) is 11.3 Å². The molecule has 5 heteroatoms. The Kier molecular flexibility index (Phi) is 4.74. The van der Waals surface area contributed by atoms with Crippen LogP contribution in [0.1, 0.15) is 45.6 Å². The van der Waals surface area contributed by atoms with Crippen LogP contribution in [0.2, 0.25) is 0 Å². The van der Waals surface area contributed by atoms with Gasteiger partial charge in [0, 0.05) is 30.9 Å². The molecule has 3 heterocycles. The summed E-state index contributed by atoms with van der Waals surface area (Å²) in [6, 6.07) is 6.77. The zero-order chi connectivity index (χ0) is 18.1. The molecule has 1 unspecified atom stereocenters. The van der Waals surface area contributed by atoms with Crippen LogP contribution in [0.4, 0.5) is 5.69 Å². The molecule has 0 amide bonds. The van der Waals surface area contributed by atoms with Crippen molar-refractivity contribution in [3.8, 4) is 11.3 Å². The minimum atomic E-state index is 0.279. The molecule has 140 valence electrons. The number of nitrogens with zero attached hydrogens (tertiary/aromatic N) is 4. The van der Waals surface area contributed by atoms with E-state index in [1.165, 1.54) is 29.7 Å². The zero-order valence-corrected chi connectivity index (χ0v) is 16.2. The van der Waals surface area contributed by atoms with Crippen molar-refractivity contribution < 1.29 is 4.74 Å². The Balaban J connectivity index is 1.50. The van der Waals surface area contributed by atoms with Gasteiger partial charge >= 0.3 is 0 Å². The number of aryl methyl sites for hydroxylation is 1. The maximum Gasteiger partial charge on any atom is 0.113 e. The molecule has 2 aromatic rings. The molecule has 0 bridgehead atoms. The van der Waals surface area contributed by atoms with E-state index >= 15 is 0 Å². The number of benzene rings is 1. The van der Waals surface area contributed by atoms with Crippen LogP contribution < -0.4 is 4.90 Å². The van der Waals surface area contributed by atoms with Gasteiger partial charge in [-0.15, -0.1) is 5.10 Å². The lowest BCUT2D eigenvalue weighted by Crippen LogP contribution is -2.53. The lowest BCUT2D eigenvalue weighted by molar-refractivity contribution is 0.00370. The predicted octanol–water partition coefficient (Wildman–Crippen LogP) is 3.92. The highest BCUT2D eigenvalue weighted by Crippen LogP contribution is 2.35. The minimum Gasteiger partial charge on any atom is -0.376 e. The summed E-state index contributed by atoms with van der Waals surface area (Å²) in [6.07, 6.45) is 6.90. The number of anilines is 1. The SMILES string of the molecule is CCc1cc(N2CC(C)(C)C2)ccc1-c1cn(CC2CCCCO2)nn1. The molecule has 1 aromatic carbocycles. The Morgan fingerprint density at radius 3 is 2.77 bits per heavy atom. The molecule has 5 nitrogen and oxygen atoms in total. The summed E-state index contributed by atoms with van der Waals surface area (Å²) in [5.41, 5.74) is 5.27. The summed E-state index contributed by atoms with van der Waals surface area (Å²) in [5, 5.41) is 8.78. The highest BCUT2D eigenvalue weighted by molar-refractivity contribution is 5.67. The first-order valence-corrected chi connectivity index (χ1v) is 9.94. The van der Waals surface area contributed by atoms with Crippen molar-refractivity contribution in [3.63, 3.8) is 0 Å². The molecular formula is C21H30N4O. The average molecular weight is 354 g/mol. The maximum atomic E-state index is 5.83. The van der Waals surface area contributed by atoms with Crippen molar-refractivity contribution in [1.82, 2.24) is 15.0 Å². The van der Waals surface area contributed by atoms with Gasteiger partial charge in [0.25, 0.3) is 0 Å². The summed E-state index contributed by atoms with van der Waals surface area (Å²) in [5.74, 6) is 0. The van der Waals surface area contributed by atoms with Crippen LogP contribution in [0.3, 0.4) is 0 Å². The number of hydrogen-bond acceptors (Lipinski definition) is 4. The van der Waals surface area contributed by atoms with Crippen molar-refractivity contribution >= 4 is 5.69 Å². The van der Waals surface area contributed by atoms with Crippen LogP contribution in [0.5, 0.6) is 0 Å². The number of hydrogen-bond donors (Lipinski definition) is 0. The number of ether oxygens (including phenoxy) is 1. The molecule has 1 aromatic heterocycles. The fraction of sp³-hybridized carbons (Fsp3) is 0.619. The number of rotatable bonds is 5. The van der Waals surface area contributed by atoms with Crippen molar-refractivity contribution in [2.45, 2.75) is 59.1 Å². The van der Waals surface area contributed by atoms with Crippen molar-refractivity contribution in [2.75, 3.05) is 24.6 Å². The van der Waals surface area contributed by atoms with Crippen molar-refractivity contribution in [2.24, 2.45) is 5.41 Å². The fourth-order valence-corrected chi connectivity index (χ4v) is 4.16. The van der Waals surface area contributed by atoms with Gasteiger partial charge in [0.2, 0.25) is 0 Å². The second kappa shape index (κ2) is 7.03. The molecule has 26 heavy (non-hydrogen) atoms. The van der Waals surface area contributed by atoms with Gasteiger partial charge in [0.1, 0.15) is 5.69 Å². The zero-order valence-electron chi connectivity index (χ0n) is 16.2. The molecule has 0 saturated carbocycles. The molecule has 4 rings (SSSR count). The minimum absolute atomic E-state index is 0.279. The van der Waals surface area contributed by atoms with E-state index in [-0.39, 0.29) is 6.10 Å². The summed E-state index contributed by atoms with van der Waals surface area (Å²) < 4.78 is 7.77. The van der Waals surface area contributed by atoms with E-state index in [0.29, 0.717) is 5.41 Å². The first-order valence-electron chi connectivity index (χ1n) is 9.94. The van der Waals surface area contributed by atoms with Crippen LogP contribution in [0.15, 0.2) is 24.4 Å². The van der Waals surface area contributed by atoms with E-state index < -0.39 is 0 Å². The van der Waals surface area contributed by atoms with E-state index in [2.05, 4.69) is 60.4 Å². The third kappa shape index (κ3) is 3.63. The standard InChI is InChI=1S/C21H30N4O/c1-4-16-11-17(24-14-21(2,3)15-24)8-9-19(16)20-13-25(23-22-20)12-18-7-5-6-10-26-18/h8-9,11,13,18H,4-7,10,12,14-15H2,1-3H3. The third-order valence-electron chi connectivity index (χ3n) is 5.55. The van der Waals surface area contributed by atoms with E-state index in [1.54, 1.807) is 0 Å². The molecule has 2 fully saturated rings. The van der Waals surface area contributed by atoms with E-state index in [0.717, 1.165) is 44.8 Å². The van der Waals surface area contributed by atoms with Crippen LogP contribution in [-0.2, 0) is 17.7 Å². The molecule has 1 atom stereocenters. The first kappa shape index (κ1) is 17.5.